The zero-order valence-electron chi connectivity index (χ0n) is 14.1. The Morgan fingerprint density at radius 3 is 2.71 bits per heavy atom. The Balaban J connectivity index is 0.00000101. The first-order chi connectivity index (χ1) is 11.6. The maximum Gasteiger partial charge on any atom is 0.341 e. The van der Waals surface area contributed by atoms with Crippen molar-refractivity contribution in [1.82, 2.24) is 9.38 Å². The molecule has 0 unspecified atom stereocenters. The van der Waals surface area contributed by atoms with E-state index in [0.29, 0.717) is 11.4 Å². The molecule has 0 aliphatic heterocycles. The predicted molar refractivity (Wildman–Crippen MR) is 94.4 cm³/mol. The molecule has 0 bridgehead atoms. The van der Waals surface area contributed by atoms with Crippen LogP contribution in [0.3, 0.4) is 0 Å². The third kappa shape index (κ3) is 3.37. The number of esters is 1. The summed E-state index contributed by atoms with van der Waals surface area (Å²) >= 11 is 0. The standard InChI is InChI=1S/C16H14FN3O2.C2H6.H2/c1-10-3-6-14(13(17)7-10)19-15-12(16(21)22-2)5-4-11-8-18-9-20(11)15;1-2;/h3-9,19H,1-2H3;1-2H3;1H. The Labute approximate surface area is 141 Å². The number of aromatic nitrogens is 2. The van der Waals surface area contributed by atoms with E-state index in [9.17, 15) is 9.18 Å². The zero-order chi connectivity index (χ0) is 17.7. The van der Waals surface area contributed by atoms with Crippen LogP contribution in [0.2, 0.25) is 0 Å². The predicted octanol–water partition coefficient (Wildman–Crippen LogP) is 4.58. The van der Waals surface area contributed by atoms with Gasteiger partial charge in [0.2, 0.25) is 0 Å². The number of hydrogen-bond donors (Lipinski definition) is 1. The second kappa shape index (κ2) is 7.59. The minimum atomic E-state index is -0.509. The Bertz CT molecular complexity index is 865. The first-order valence-electron chi connectivity index (χ1n) is 7.66. The van der Waals surface area contributed by atoms with E-state index in [-0.39, 0.29) is 7.11 Å². The molecule has 0 spiro atoms. The topological polar surface area (TPSA) is 55.6 Å². The van der Waals surface area contributed by atoms with Crippen LogP contribution in [0.25, 0.3) is 5.52 Å². The van der Waals surface area contributed by atoms with Crippen LogP contribution in [-0.4, -0.2) is 22.5 Å². The molecule has 5 nitrogen and oxygen atoms in total. The normalized spacial score (nSPS) is 10.0. The van der Waals surface area contributed by atoms with Gasteiger partial charge in [0.15, 0.2) is 0 Å². The summed E-state index contributed by atoms with van der Waals surface area (Å²) in [5.41, 5.74) is 2.17. The van der Waals surface area contributed by atoms with Gasteiger partial charge in [0.1, 0.15) is 23.5 Å². The van der Waals surface area contributed by atoms with E-state index in [0.717, 1.165) is 11.1 Å². The summed E-state index contributed by atoms with van der Waals surface area (Å²) in [6.45, 7) is 5.81. The number of carbonyl (C=O) groups excluding carboxylic acids is 1. The Kier molecular flexibility index (Phi) is 5.52. The van der Waals surface area contributed by atoms with Crippen molar-refractivity contribution >= 4 is 23.0 Å². The summed E-state index contributed by atoms with van der Waals surface area (Å²) in [6, 6.07) is 8.21. The van der Waals surface area contributed by atoms with Crippen LogP contribution in [0, 0.1) is 12.7 Å². The van der Waals surface area contributed by atoms with E-state index in [1.807, 2.05) is 20.8 Å². The number of nitrogens with one attached hydrogen (secondary N) is 1. The van der Waals surface area contributed by atoms with Crippen molar-refractivity contribution in [2.45, 2.75) is 20.8 Å². The average Bonchev–Trinajstić information content (AvgIpc) is 3.07. The van der Waals surface area contributed by atoms with Gasteiger partial charge < -0.3 is 10.1 Å². The van der Waals surface area contributed by atoms with Gasteiger partial charge in [-0.1, -0.05) is 19.9 Å². The molecule has 128 valence electrons. The third-order valence-electron chi connectivity index (χ3n) is 3.37. The SMILES string of the molecule is CC.COC(=O)c1ccc2cncn2c1Nc1ccc(C)cc1F.[HH]. The van der Waals surface area contributed by atoms with Crippen LogP contribution in [0.5, 0.6) is 0 Å². The number of methoxy groups -OCH3 is 1. The molecule has 2 aromatic heterocycles. The molecule has 3 rings (SSSR count). The van der Waals surface area contributed by atoms with Gasteiger partial charge in [-0.25, -0.2) is 14.2 Å². The van der Waals surface area contributed by atoms with E-state index in [1.165, 1.54) is 13.2 Å². The average molecular weight is 331 g/mol. The van der Waals surface area contributed by atoms with Gasteiger partial charge in [0.25, 0.3) is 0 Å². The highest BCUT2D eigenvalue weighted by Crippen LogP contribution is 2.25. The minimum absolute atomic E-state index is 0. The van der Waals surface area contributed by atoms with Crippen LogP contribution in [-0.2, 0) is 4.74 Å². The summed E-state index contributed by atoms with van der Waals surface area (Å²) in [7, 11) is 1.30. The van der Waals surface area contributed by atoms with Gasteiger partial charge in [-0.15, -0.1) is 0 Å². The number of halogens is 1. The molecule has 0 atom stereocenters. The number of anilines is 2. The van der Waals surface area contributed by atoms with Gasteiger partial charge in [-0.2, -0.15) is 0 Å². The second-order valence-corrected chi connectivity index (χ2v) is 4.88. The van der Waals surface area contributed by atoms with E-state index < -0.39 is 11.8 Å². The van der Waals surface area contributed by atoms with E-state index in [2.05, 4.69) is 10.3 Å². The number of pyridine rings is 1. The fraction of sp³-hybridized carbons (Fsp3) is 0.222. The smallest absolute Gasteiger partial charge is 0.341 e. The van der Waals surface area contributed by atoms with Crippen LogP contribution in [0.15, 0.2) is 42.9 Å². The van der Waals surface area contributed by atoms with E-state index in [4.69, 9.17) is 4.74 Å². The Morgan fingerprint density at radius 1 is 1.29 bits per heavy atom. The fourth-order valence-corrected chi connectivity index (χ4v) is 2.24. The van der Waals surface area contributed by atoms with Crippen LogP contribution in [0.1, 0.15) is 31.2 Å². The van der Waals surface area contributed by atoms with Gasteiger partial charge in [0.05, 0.1) is 24.5 Å². The molecular weight excluding hydrogens is 309 g/mol. The lowest BCUT2D eigenvalue weighted by molar-refractivity contribution is 0.0601. The fourth-order valence-electron chi connectivity index (χ4n) is 2.24. The highest BCUT2D eigenvalue weighted by Gasteiger charge is 2.16. The monoisotopic (exact) mass is 331 g/mol. The lowest BCUT2D eigenvalue weighted by Crippen LogP contribution is -2.10. The molecule has 0 aliphatic rings. The lowest BCUT2D eigenvalue weighted by atomic mass is 10.2. The molecule has 1 aromatic carbocycles. The van der Waals surface area contributed by atoms with Gasteiger partial charge in [0, 0.05) is 1.43 Å². The van der Waals surface area contributed by atoms with Crippen molar-refractivity contribution in [3.8, 4) is 0 Å². The number of fused-ring (bicyclic) bond motifs is 1. The van der Waals surface area contributed by atoms with Crippen molar-refractivity contribution < 1.29 is 15.3 Å². The van der Waals surface area contributed by atoms with Crippen LogP contribution < -0.4 is 5.32 Å². The molecule has 0 radical (unpaired) electrons. The van der Waals surface area contributed by atoms with Crippen molar-refractivity contribution in [2.24, 2.45) is 0 Å². The van der Waals surface area contributed by atoms with Crippen molar-refractivity contribution in [2.75, 3.05) is 12.4 Å². The quantitative estimate of drug-likeness (QED) is 0.714. The number of nitrogens with zero attached hydrogens (tertiary/aromatic N) is 2. The van der Waals surface area contributed by atoms with Crippen molar-refractivity contribution in [3.63, 3.8) is 0 Å². The third-order valence-corrected chi connectivity index (χ3v) is 3.37. The molecule has 2 heterocycles. The van der Waals surface area contributed by atoms with Gasteiger partial charge >= 0.3 is 5.97 Å². The molecule has 6 heteroatoms. The molecule has 0 fully saturated rings. The number of carbonyl (C=O) groups is 1. The maximum atomic E-state index is 14.1. The highest BCUT2D eigenvalue weighted by atomic mass is 19.1. The maximum absolute atomic E-state index is 14.1. The summed E-state index contributed by atoms with van der Waals surface area (Å²) in [6.07, 6.45) is 3.20. The zero-order valence-corrected chi connectivity index (χ0v) is 14.1. The van der Waals surface area contributed by atoms with Crippen molar-refractivity contribution in [1.29, 1.82) is 0 Å². The number of ether oxygens (including phenoxy) is 1. The summed E-state index contributed by atoms with van der Waals surface area (Å²) in [4.78, 5) is 16.0. The molecule has 3 aromatic rings. The molecule has 0 saturated carbocycles. The Morgan fingerprint density at radius 2 is 2.04 bits per heavy atom. The molecule has 0 saturated heterocycles. The van der Waals surface area contributed by atoms with Crippen LogP contribution in [0.4, 0.5) is 15.9 Å². The van der Waals surface area contributed by atoms with Crippen molar-refractivity contribution in [3.05, 3.63) is 59.8 Å². The largest absolute Gasteiger partial charge is 0.465 e. The lowest BCUT2D eigenvalue weighted by Gasteiger charge is -2.14. The molecule has 0 aliphatic carbocycles. The van der Waals surface area contributed by atoms with E-state index in [1.54, 1.807) is 41.2 Å². The van der Waals surface area contributed by atoms with Gasteiger partial charge in [-0.3, -0.25) is 4.40 Å². The molecular formula is C18H22FN3O2. The number of imidazole rings is 1. The number of rotatable bonds is 3. The van der Waals surface area contributed by atoms with Gasteiger partial charge in [-0.05, 0) is 36.8 Å². The summed E-state index contributed by atoms with van der Waals surface area (Å²) < 4.78 is 20.5. The minimum Gasteiger partial charge on any atom is -0.465 e. The highest BCUT2D eigenvalue weighted by molar-refractivity contribution is 5.96. The number of benzene rings is 1. The Hall–Kier alpha value is -2.89. The molecule has 1 N–H and O–H groups in total. The second-order valence-electron chi connectivity index (χ2n) is 4.88. The first-order valence-corrected chi connectivity index (χ1v) is 7.66. The number of aryl methyl sites for hydroxylation is 1. The molecule has 0 amide bonds. The van der Waals surface area contributed by atoms with E-state index >= 15 is 0 Å². The number of hydrogen-bond acceptors (Lipinski definition) is 4. The summed E-state index contributed by atoms with van der Waals surface area (Å²) in [5, 5.41) is 2.96. The first kappa shape index (κ1) is 17.5. The summed E-state index contributed by atoms with van der Waals surface area (Å²) in [5.74, 6) is -0.497. The molecule has 24 heavy (non-hydrogen) atoms. The van der Waals surface area contributed by atoms with Crippen LogP contribution >= 0.6 is 0 Å².